The van der Waals surface area contributed by atoms with E-state index in [2.05, 4.69) is 162 Å². The van der Waals surface area contributed by atoms with Crippen molar-refractivity contribution in [2.75, 3.05) is 5.32 Å². The molecule has 0 aliphatic heterocycles. The fraction of sp³-hybridized carbons (Fsp3) is 0. The van der Waals surface area contributed by atoms with Crippen LogP contribution in [0.4, 0.5) is 11.4 Å². The van der Waals surface area contributed by atoms with E-state index in [0.29, 0.717) is 5.56 Å². The minimum atomic E-state index is 0.624. The lowest BCUT2D eigenvalue weighted by molar-refractivity contribution is 1.18. The van der Waals surface area contributed by atoms with Gasteiger partial charge >= 0.3 is 0 Å². The van der Waals surface area contributed by atoms with Gasteiger partial charge in [0, 0.05) is 33.4 Å². The maximum atomic E-state index is 9.78. The maximum absolute atomic E-state index is 9.78. The van der Waals surface area contributed by atoms with Gasteiger partial charge in [0.15, 0.2) is 0 Å². The molecular formula is C43H29N3. The van der Waals surface area contributed by atoms with Gasteiger partial charge in [-0.05, 0) is 94.5 Å². The zero-order valence-electron chi connectivity index (χ0n) is 25.1. The largest absolute Gasteiger partial charge is 0.355 e. The number of hydrogen-bond acceptors (Lipinski definition) is 2. The van der Waals surface area contributed by atoms with Crippen LogP contribution in [0.2, 0.25) is 0 Å². The highest BCUT2D eigenvalue weighted by atomic mass is 15.0. The summed E-state index contributed by atoms with van der Waals surface area (Å²) in [6, 6.07) is 61.4. The van der Waals surface area contributed by atoms with E-state index in [1.54, 1.807) is 0 Å². The number of rotatable bonds is 6. The van der Waals surface area contributed by atoms with Crippen molar-refractivity contribution < 1.29 is 0 Å². The summed E-state index contributed by atoms with van der Waals surface area (Å²) in [5.74, 6) is 0. The molecule has 8 rings (SSSR count). The molecule has 216 valence electrons. The van der Waals surface area contributed by atoms with Gasteiger partial charge in [-0.1, -0.05) is 103 Å². The molecule has 1 heterocycles. The second-order valence-electron chi connectivity index (χ2n) is 11.4. The molecule has 0 amide bonds. The Morgan fingerprint density at radius 3 is 1.93 bits per heavy atom. The number of nitrogens with one attached hydrogen (secondary N) is 1. The van der Waals surface area contributed by atoms with Crippen LogP contribution in [0.25, 0.3) is 60.9 Å². The molecule has 0 fully saturated rings. The first-order valence-electron chi connectivity index (χ1n) is 15.4. The predicted molar refractivity (Wildman–Crippen MR) is 192 cm³/mol. The third kappa shape index (κ3) is 4.99. The minimum absolute atomic E-state index is 0.624. The molecule has 7 aromatic carbocycles. The third-order valence-electron chi connectivity index (χ3n) is 8.59. The average Bonchev–Trinajstić information content (AvgIpc) is 3.46. The monoisotopic (exact) mass is 587 g/mol. The van der Waals surface area contributed by atoms with Crippen LogP contribution < -0.4 is 5.32 Å². The Kier molecular flexibility index (Phi) is 6.87. The first-order chi connectivity index (χ1) is 22.7. The van der Waals surface area contributed by atoms with Crippen LogP contribution in [0.15, 0.2) is 170 Å². The van der Waals surface area contributed by atoms with Crippen LogP contribution in [-0.2, 0) is 0 Å². The van der Waals surface area contributed by atoms with E-state index in [0.717, 1.165) is 44.9 Å². The number of nitrogens with zero attached hydrogens (tertiary/aromatic N) is 2. The molecule has 3 nitrogen and oxygen atoms in total. The quantitative estimate of drug-likeness (QED) is 0.210. The molecule has 0 saturated heterocycles. The molecule has 0 aliphatic carbocycles. The van der Waals surface area contributed by atoms with Crippen molar-refractivity contribution in [2.45, 2.75) is 0 Å². The molecule has 0 radical (unpaired) electrons. The Balaban J connectivity index is 1.20. The highest BCUT2D eigenvalue weighted by Gasteiger charge is 2.14. The van der Waals surface area contributed by atoms with Crippen LogP contribution in [0, 0.1) is 11.3 Å². The Morgan fingerprint density at radius 2 is 1.11 bits per heavy atom. The second kappa shape index (κ2) is 11.6. The second-order valence-corrected chi connectivity index (χ2v) is 11.4. The van der Waals surface area contributed by atoms with E-state index >= 15 is 0 Å². The van der Waals surface area contributed by atoms with Crippen LogP contribution in [0.1, 0.15) is 5.56 Å². The van der Waals surface area contributed by atoms with E-state index < -0.39 is 0 Å². The summed E-state index contributed by atoms with van der Waals surface area (Å²) in [6.45, 7) is 0. The summed E-state index contributed by atoms with van der Waals surface area (Å²) in [4.78, 5) is 0. The lowest BCUT2D eigenvalue weighted by atomic mass is 9.96. The van der Waals surface area contributed by atoms with Gasteiger partial charge in [0.2, 0.25) is 0 Å². The van der Waals surface area contributed by atoms with Crippen LogP contribution in [0.5, 0.6) is 0 Å². The summed E-state index contributed by atoms with van der Waals surface area (Å²) >= 11 is 0. The molecule has 1 aromatic heterocycles. The number of para-hydroxylation sites is 2. The first-order valence-corrected chi connectivity index (χ1v) is 15.4. The Morgan fingerprint density at radius 1 is 0.457 bits per heavy atom. The number of benzene rings is 7. The van der Waals surface area contributed by atoms with Crippen molar-refractivity contribution in [1.82, 2.24) is 4.57 Å². The lowest BCUT2D eigenvalue weighted by Crippen LogP contribution is -1.95. The summed E-state index contributed by atoms with van der Waals surface area (Å²) in [5.41, 5.74) is 12.7. The Bertz CT molecular complexity index is 2400. The number of fused-ring (bicyclic) bond motifs is 3. The number of hydrogen-bond donors (Lipinski definition) is 1. The van der Waals surface area contributed by atoms with Gasteiger partial charge < -0.3 is 9.88 Å². The van der Waals surface area contributed by atoms with Gasteiger partial charge in [0.1, 0.15) is 0 Å². The minimum Gasteiger partial charge on any atom is -0.355 e. The molecule has 0 spiro atoms. The molecule has 3 heteroatoms. The fourth-order valence-electron chi connectivity index (χ4n) is 6.40. The maximum Gasteiger partial charge on any atom is 0.0991 e. The van der Waals surface area contributed by atoms with Gasteiger partial charge in [-0.25, -0.2) is 0 Å². The number of anilines is 2. The lowest BCUT2D eigenvalue weighted by Gasteiger charge is -2.15. The topological polar surface area (TPSA) is 40.8 Å². The normalized spacial score (nSPS) is 11.0. The van der Waals surface area contributed by atoms with Crippen molar-refractivity contribution in [2.24, 2.45) is 0 Å². The molecule has 46 heavy (non-hydrogen) atoms. The molecular weight excluding hydrogens is 558 g/mol. The predicted octanol–water partition coefficient (Wildman–Crippen LogP) is 11.4. The molecule has 8 aromatic rings. The van der Waals surface area contributed by atoms with Crippen LogP contribution in [-0.4, -0.2) is 4.57 Å². The summed E-state index contributed by atoms with van der Waals surface area (Å²) in [6.07, 6.45) is 0. The SMILES string of the molecule is N#Cc1ccc(Nc2cccc(-c3ccccc3)c2)c(-c2cccc(-c3ccc4c(c3)c3ccccc3n4-c3ccccc3)c2)c1. The first kappa shape index (κ1) is 27.2. The van der Waals surface area contributed by atoms with E-state index in [1.165, 1.54) is 27.4 Å². The van der Waals surface area contributed by atoms with Gasteiger partial charge in [-0.15, -0.1) is 0 Å². The zero-order valence-corrected chi connectivity index (χ0v) is 25.1. The van der Waals surface area contributed by atoms with Crippen LogP contribution >= 0.6 is 0 Å². The molecule has 1 N–H and O–H groups in total. The van der Waals surface area contributed by atoms with Crippen molar-refractivity contribution >= 4 is 33.2 Å². The molecule has 0 saturated carbocycles. The zero-order chi connectivity index (χ0) is 30.9. The Labute approximate surface area is 268 Å². The third-order valence-corrected chi connectivity index (χ3v) is 8.59. The molecule has 0 bridgehead atoms. The number of aromatic nitrogens is 1. The standard InChI is InChI=1S/C43H29N3/c44-29-30-21-23-41(45-36-16-10-14-33(27-36)31-11-3-1-4-12-31)39(25-30)35-15-9-13-32(26-35)34-22-24-43-40(28-34)38-19-7-8-20-42(38)46(43)37-17-5-2-6-18-37/h1-28,45H. The summed E-state index contributed by atoms with van der Waals surface area (Å²) in [5, 5.41) is 15.9. The average molecular weight is 588 g/mol. The van der Waals surface area contributed by atoms with Gasteiger partial charge in [0.05, 0.1) is 22.7 Å². The van der Waals surface area contributed by atoms with Gasteiger partial charge in [0.25, 0.3) is 0 Å². The molecule has 0 aliphatic rings. The summed E-state index contributed by atoms with van der Waals surface area (Å²) in [7, 11) is 0. The van der Waals surface area contributed by atoms with Crippen molar-refractivity contribution in [3.8, 4) is 45.1 Å². The molecule has 0 atom stereocenters. The highest BCUT2D eigenvalue weighted by Crippen LogP contribution is 2.38. The summed E-state index contributed by atoms with van der Waals surface area (Å²) < 4.78 is 2.34. The van der Waals surface area contributed by atoms with Crippen LogP contribution in [0.3, 0.4) is 0 Å². The van der Waals surface area contributed by atoms with Crippen molar-refractivity contribution in [3.63, 3.8) is 0 Å². The van der Waals surface area contributed by atoms with Gasteiger partial charge in [-0.2, -0.15) is 5.26 Å². The molecule has 0 unspecified atom stereocenters. The van der Waals surface area contributed by atoms with Crippen molar-refractivity contribution in [3.05, 3.63) is 175 Å². The van der Waals surface area contributed by atoms with E-state index in [9.17, 15) is 5.26 Å². The number of nitriles is 1. The van der Waals surface area contributed by atoms with E-state index in [-0.39, 0.29) is 0 Å². The van der Waals surface area contributed by atoms with Crippen molar-refractivity contribution in [1.29, 1.82) is 5.26 Å². The van der Waals surface area contributed by atoms with Gasteiger partial charge in [-0.3, -0.25) is 0 Å². The smallest absolute Gasteiger partial charge is 0.0991 e. The highest BCUT2D eigenvalue weighted by molar-refractivity contribution is 6.10. The Hall–Kier alpha value is -6.37. The van der Waals surface area contributed by atoms with E-state index in [1.807, 2.05) is 24.3 Å². The van der Waals surface area contributed by atoms with E-state index in [4.69, 9.17) is 0 Å². The fourth-order valence-corrected chi connectivity index (χ4v) is 6.40.